The summed E-state index contributed by atoms with van der Waals surface area (Å²) in [7, 11) is -1.96. The molecule has 1 aliphatic heterocycles. The van der Waals surface area contributed by atoms with Gasteiger partial charge in [0.05, 0.1) is 15.6 Å². The highest BCUT2D eigenvalue weighted by Gasteiger charge is 2.55. The first-order valence-corrected chi connectivity index (χ1v) is 10.2. The average Bonchev–Trinajstić information content (AvgIpc) is 2.80. The van der Waals surface area contributed by atoms with Crippen molar-refractivity contribution in [2.24, 2.45) is 0 Å². The van der Waals surface area contributed by atoms with Gasteiger partial charge in [-0.3, -0.25) is 4.79 Å². The molecule has 2 N–H and O–H groups in total. The molecule has 28 heavy (non-hydrogen) atoms. The van der Waals surface area contributed by atoms with Gasteiger partial charge in [0, 0.05) is 19.6 Å². The largest absolute Gasteiger partial charge is 0.426 e. The number of likely N-dealkylation sites (N-methyl/N-ethyl adjacent to an activating group) is 1. The Morgan fingerprint density at radius 3 is 2.43 bits per heavy atom. The van der Waals surface area contributed by atoms with Crippen LogP contribution in [0.5, 0.6) is 0 Å². The fourth-order valence-electron chi connectivity index (χ4n) is 2.54. The number of halogens is 4. The molecule has 7 nitrogen and oxygen atoms in total. The fraction of sp³-hybridized carbons (Fsp3) is 0.562. The normalized spacial score (nSPS) is 19.7. The lowest BCUT2D eigenvalue weighted by atomic mass is 10.1. The van der Waals surface area contributed by atoms with E-state index < -0.39 is 27.7 Å². The van der Waals surface area contributed by atoms with Crippen LogP contribution in [0.4, 0.5) is 18.9 Å². The molecule has 1 aliphatic rings. The Balaban J connectivity index is 2.23. The van der Waals surface area contributed by atoms with E-state index in [2.05, 4.69) is 0 Å². The van der Waals surface area contributed by atoms with Gasteiger partial charge in [0.15, 0.2) is 0 Å². The average molecular weight is 444 g/mol. The number of benzene rings is 1. The SMILES string of the molecule is CN1CCCN(S(=O)(=O)c2ccc(NC(=O)C(C)(O)C(F)(F)F)c(Cl)c2)CC1. The Hall–Kier alpha value is -1.40. The summed E-state index contributed by atoms with van der Waals surface area (Å²) in [6.07, 6.45) is -4.53. The molecule has 1 aromatic carbocycles. The minimum atomic E-state index is -5.19. The number of hydrogen-bond donors (Lipinski definition) is 2. The van der Waals surface area contributed by atoms with Gasteiger partial charge in [0.2, 0.25) is 15.6 Å². The van der Waals surface area contributed by atoms with Crippen molar-refractivity contribution in [1.82, 2.24) is 9.21 Å². The van der Waals surface area contributed by atoms with Crippen LogP contribution in [0.25, 0.3) is 0 Å². The van der Waals surface area contributed by atoms with Crippen LogP contribution in [-0.2, 0) is 14.8 Å². The first-order valence-electron chi connectivity index (χ1n) is 8.35. The molecule has 1 heterocycles. The Bertz CT molecular complexity index is 846. The molecule has 0 aromatic heterocycles. The molecule has 0 saturated carbocycles. The van der Waals surface area contributed by atoms with Crippen molar-refractivity contribution in [2.45, 2.75) is 30.0 Å². The predicted octanol–water partition coefficient (Wildman–Crippen LogP) is 1.92. The van der Waals surface area contributed by atoms with Gasteiger partial charge in [-0.1, -0.05) is 11.6 Å². The zero-order chi connectivity index (χ0) is 21.3. The zero-order valence-electron chi connectivity index (χ0n) is 15.3. The minimum Gasteiger partial charge on any atom is -0.373 e. The van der Waals surface area contributed by atoms with E-state index in [0.29, 0.717) is 33.0 Å². The van der Waals surface area contributed by atoms with Crippen LogP contribution in [0.1, 0.15) is 13.3 Å². The second-order valence-electron chi connectivity index (χ2n) is 6.73. The van der Waals surface area contributed by atoms with E-state index in [4.69, 9.17) is 11.6 Å². The molecule has 1 aromatic rings. The van der Waals surface area contributed by atoms with Crippen molar-refractivity contribution in [3.05, 3.63) is 23.2 Å². The Morgan fingerprint density at radius 1 is 1.21 bits per heavy atom. The monoisotopic (exact) mass is 443 g/mol. The molecule has 12 heteroatoms. The van der Waals surface area contributed by atoms with Crippen molar-refractivity contribution in [2.75, 3.05) is 38.5 Å². The minimum absolute atomic E-state index is 0.136. The first-order chi connectivity index (χ1) is 12.8. The number of amides is 1. The summed E-state index contributed by atoms with van der Waals surface area (Å²) < 4.78 is 65.1. The van der Waals surface area contributed by atoms with Gasteiger partial charge in [-0.2, -0.15) is 17.5 Å². The number of nitrogens with zero attached hydrogens (tertiary/aromatic N) is 2. The number of rotatable bonds is 4. The second kappa shape index (κ2) is 8.15. The molecule has 1 saturated heterocycles. The van der Waals surface area contributed by atoms with Crippen LogP contribution in [-0.4, -0.2) is 73.6 Å². The van der Waals surface area contributed by atoms with Crippen LogP contribution in [0.3, 0.4) is 0 Å². The van der Waals surface area contributed by atoms with Crippen LogP contribution in [0, 0.1) is 0 Å². The lowest BCUT2D eigenvalue weighted by Gasteiger charge is -2.25. The predicted molar refractivity (Wildman–Crippen MR) is 97.6 cm³/mol. The van der Waals surface area contributed by atoms with E-state index in [1.54, 1.807) is 0 Å². The lowest BCUT2D eigenvalue weighted by Crippen LogP contribution is -2.52. The van der Waals surface area contributed by atoms with Crippen LogP contribution >= 0.6 is 11.6 Å². The molecule has 1 atom stereocenters. The van der Waals surface area contributed by atoms with Crippen LogP contribution < -0.4 is 5.32 Å². The van der Waals surface area contributed by atoms with Gasteiger partial charge >= 0.3 is 6.18 Å². The summed E-state index contributed by atoms with van der Waals surface area (Å²) in [4.78, 5) is 13.6. The van der Waals surface area contributed by atoms with Crippen LogP contribution in [0.2, 0.25) is 5.02 Å². The summed E-state index contributed by atoms with van der Waals surface area (Å²) in [6, 6.07) is 3.29. The Kier molecular flexibility index (Phi) is 6.66. The van der Waals surface area contributed by atoms with Gasteiger partial charge in [-0.15, -0.1) is 0 Å². The lowest BCUT2D eigenvalue weighted by molar-refractivity contribution is -0.242. The summed E-state index contributed by atoms with van der Waals surface area (Å²) >= 11 is 5.97. The fourth-order valence-corrected chi connectivity index (χ4v) is 4.33. The third kappa shape index (κ3) is 4.77. The van der Waals surface area contributed by atoms with Crippen molar-refractivity contribution in [3.63, 3.8) is 0 Å². The van der Waals surface area contributed by atoms with Crippen molar-refractivity contribution < 1.29 is 31.5 Å². The molecule has 0 bridgehead atoms. The first kappa shape index (κ1) is 22.9. The highest BCUT2D eigenvalue weighted by Crippen LogP contribution is 2.33. The van der Waals surface area contributed by atoms with Crippen molar-refractivity contribution in [1.29, 1.82) is 0 Å². The number of carbonyl (C=O) groups excluding carboxylic acids is 1. The maximum absolute atomic E-state index is 12.8. The van der Waals surface area contributed by atoms with E-state index >= 15 is 0 Å². The molecule has 1 amide bonds. The highest BCUT2D eigenvalue weighted by molar-refractivity contribution is 7.89. The second-order valence-corrected chi connectivity index (χ2v) is 9.07. The van der Waals surface area contributed by atoms with Gasteiger partial charge < -0.3 is 15.3 Å². The third-order valence-corrected chi connectivity index (χ3v) is 6.71. The topological polar surface area (TPSA) is 90.0 Å². The van der Waals surface area contributed by atoms with E-state index in [1.807, 2.05) is 17.3 Å². The number of sulfonamides is 1. The summed E-state index contributed by atoms with van der Waals surface area (Å²) in [5, 5.41) is 11.0. The van der Waals surface area contributed by atoms with Gasteiger partial charge in [0.25, 0.3) is 5.91 Å². The highest BCUT2D eigenvalue weighted by atomic mass is 35.5. The summed E-state index contributed by atoms with van der Waals surface area (Å²) in [5.74, 6) is -1.73. The smallest absolute Gasteiger partial charge is 0.373 e. The quantitative estimate of drug-likeness (QED) is 0.742. The molecule has 0 spiro atoms. The molecule has 1 fully saturated rings. The van der Waals surface area contributed by atoms with Crippen molar-refractivity contribution in [3.8, 4) is 0 Å². The van der Waals surface area contributed by atoms with E-state index in [1.165, 1.54) is 4.31 Å². The van der Waals surface area contributed by atoms with Crippen molar-refractivity contribution >= 4 is 33.2 Å². The van der Waals surface area contributed by atoms with Crippen LogP contribution in [0.15, 0.2) is 23.1 Å². The maximum atomic E-state index is 12.8. The molecule has 0 radical (unpaired) electrons. The standard InChI is InChI=1S/C16H21ClF3N3O4S/c1-15(25,16(18,19)20)14(24)21-13-5-4-11(10-12(13)17)28(26,27)23-7-3-6-22(2)8-9-23/h4-5,10,25H,3,6-9H2,1-2H3,(H,21,24). The Labute approximate surface area is 166 Å². The van der Waals surface area contributed by atoms with E-state index in [-0.39, 0.29) is 15.6 Å². The molecule has 1 unspecified atom stereocenters. The molecular formula is C16H21ClF3N3O4S. The molecule has 158 valence electrons. The molecule has 0 aliphatic carbocycles. The maximum Gasteiger partial charge on any atom is 0.426 e. The van der Waals surface area contributed by atoms with E-state index in [0.717, 1.165) is 24.7 Å². The summed E-state index contributed by atoms with van der Waals surface area (Å²) in [6.45, 7) is 2.26. The number of alkyl halides is 3. The third-order valence-electron chi connectivity index (χ3n) is 4.50. The summed E-state index contributed by atoms with van der Waals surface area (Å²) in [5.41, 5.74) is -3.87. The van der Waals surface area contributed by atoms with Gasteiger partial charge in [-0.05, 0) is 45.1 Å². The number of aliphatic hydroxyl groups is 1. The number of hydrogen-bond acceptors (Lipinski definition) is 5. The van der Waals surface area contributed by atoms with Gasteiger partial charge in [-0.25, -0.2) is 8.42 Å². The molecule has 2 rings (SSSR count). The van der Waals surface area contributed by atoms with Gasteiger partial charge in [0.1, 0.15) is 0 Å². The molecular weight excluding hydrogens is 423 g/mol. The Morgan fingerprint density at radius 2 is 1.86 bits per heavy atom. The zero-order valence-corrected chi connectivity index (χ0v) is 16.8. The van der Waals surface area contributed by atoms with E-state index in [9.17, 15) is 31.5 Å². The number of carbonyl (C=O) groups is 1. The number of anilines is 1. The number of nitrogens with one attached hydrogen (secondary N) is 1.